The molecule has 1 amide bonds. The number of H-pyrrole nitrogens is 1. The molecule has 1 aromatic heterocycles. The normalized spacial score (nSPS) is 9.85. The molecule has 6 nitrogen and oxygen atoms in total. The van der Waals surface area contributed by atoms with Crippen LogP contribution in [0.5, 0.6) is 5.75 Å². The first-order valence-corrected chi connectivity index (χ1v) is 6.04. The highest BCUT2D eigenvalue weighted by Crippen LogP contribution is 2.14. The molecule has 0 saturated heterocycles. The Morgan fingerprint density at radius 2 is 2.10 bits per heavy atom. The maximum Gasteiger partial charge on any atom is 0.263 e. The number of aromatic nitrogens is 2. The lowest BCUT2D eigenvalue weighted by Gasteiger charge is -2.06. The van der Waals surface area contributed by atoms with Gasteiger partial charge in [-0.05, 0) is 38.1 Å². The number of hydrogen-bond acceptors (Lipinski definition) is 4. The highest BCUT2D eigenvalue weighted by Gasteiger charge is 2.09. The highest BCUT2D eigenvalue weighted by atomic mass is 16.5. The summed E-state index contributed by atoms with van der Waals surface area (Å²) in [5, 5.41) is 18.1. The van der Waals surface area contributed by atoms with Crippen LogP contribution in [0.2, 0.25) is 0 Å². The van der Waals surface area contributed by atoms with E-state index in [1.54, 1.807) is 24.3 Å². The first kappa shape index (κ1) is 13.6. The Labute approximate surface area is 116 Å². The summed E-state index contributed by atoms with van der Waals surface area (Å²) in [6.45, 7) is 3.64. The van der Waals surface area contributed by atoms with Gasteiger partial charge in [-0.25, -0.2) is 0 Å². The fourth-order valence-corrected chi connectivity index (χ4v) is 1.55. The molecular weight excluding hydrogens is 256 g/mol. The van der Waals surface area contributed by atoms with Gasteiger partial charge in [-0.2, -0.15) is 10.4 Å². The van der Waals surface area contributed by atoms with E-state index in [0.717, 1.165) is 11.3 Å². The van der Waals surface area contributed by atoms with Crippen molar-refractivity contribution in [3.05, 3.63) is 41.1 Å². The van der Waals surface area contributed by atoms with Crippen molar-refractivity contribution in [2.45, 2.75) is 13.8 Å². The van der Waals surface area contributed by atoms with Gasteiger partial charge in [-0.1, -0.05) is 0 Å². The van der Waals surface area contributed by atoms with Crippen LogP contribution < -0.4 is 10.1 Å². The molecular formula is C14H14N4O2. The summed E-state index contributed by atoms with van der Waals surface area (Å²) < 4.78 is 5.33. The number of aromatic amines is 1. The van der Waals surface area contributed by atoms with E-state index < -0.39 is 0 Å². The number of nitriles is 1. The molecule has 0 radical (unpaired) electrons. The number of carbonyl (C=O) groups excluding carboxylic acids is 1. The molecule has 1 aromatic carbocycles. The molecule has 6 heteroatoms. The van der Waals surface area contributed by atoms with Crippen molar-refractivity contribution in [2.75, 3.05) is 11.9 Å². The van der Waals surface area contributed by atoms with Crippen LogP contribution in [0.15, 0.2) is 24.3 Å². The van der Waals surface area contributed by atoms with Gasteiger partial charge in [-0.3, -0.25) is 9.89 Å². The monoisotopic (exact) mass is 270 g/mol. The van der Waals surface area contributed by atoms with Crippen molar-refractivity contribution < 1.29 is 9.53 Å². The Kier molecular flexibility index (Phi) is 4.01. The van der Waals surface area contributed by atoms with Gasteiger partial charge in [0, 0.05) is 11.3 Å². The minimum atomic E-state index is -0.288. The summed E-state index contributed by atoms with van der Waals surface area (Å²) in [4.78, 5) is 11.7. The van der Waals surface area contributed by atoms with Crippen LogP contribution in [0.3, 0.4) is 0 Å². The molecule has 0 saturated carbocycles. The molecule has 102 valence electrons. The van der Waals surface area contributed by atoms with Crippen LogP contribution in [-0.4, -0.2) is 22.7 Å². The van der Waals surface area contributed by atoms with E-state index in [2.05, 4.69) is 15.5 Å². The summed E-state index contributed by atoms with van der Waals surface area (Å²) in [6, 6.07) is 8.58. The van der Waals surface area contributed by atoms with E-state index in [-0.39, 0.29) is 12.5 Å². The lowest BCUT2D eigenvalue weighted by atomic mass is 10.2. The molecule has 0 aliphatic carbocycles. The number of aryl methyl sites for hydroxylation is 1. The largest absolute Gasteiger partial charge is 0.484 e. The third-order valence-corrected chi connectivity index (χ3v) is 2.86. The topological polar surface area (TPSA) is 90.8 Å². The molecule has 2 aromatic rings. The molecule has 2 N–H and O–H groups in total. The first-order chi connectivity index (χ1) is 9.60. The van der Waals surface area contributed by atoms with Crippen LogP contribution in [0, 0.1) is 25.2 Å². The zero-order chi connectivity index (χ0) is 14.5. The lowest BCUT2D eigenvalue weighted by Crippen LogP contribution is -2.20. The number of amides is 1. The van der Waals surface area contributed by atoms with E-state index in [9.17, 15) is 4.79 Å². The van der Waals surface area contributed by atoms with Crippen LogP contribution in [0.4, 0.5) is 5.82 Å². The Bertz CT molecular complexity index is 653. The van der Waals surface area contributed by atoms with Crippen LogP contribution >= 0.6 is 0 Å². The number of benzene rings is 1. The standard InChI is InChI=1S/C14H14N4O2/c1-9-10(2)17-18-14(9)16-13(19)8-20-12-5-3-11(7-15)4-6-12/h3-6H,8H2,1-2H3,(H2,16,17,18,19). The Hall–Kier alpha value is -2.81. The first-order valence-electron chi connectivity index (χ1n) is 6.04. The zero-order valence-corrected chi connectivity index (χ0v) is 11.2. The van der Waals surface area contributed by atoms with Crippen molar-refractivity contribution in [3.8, 4) is 11.8 Å². The number of nitrogens with one attached hydrogen (secondary N) is 2. The van der Waals surface area contributed by atoms with Gasteiger partial charge < -0.3 is 10.1 Å². The zero-order valence-electron chi connectivity index (χ0n) is 11.2. The average molecular weight is 270 g/mol. The molecule has 0 spiro atoms. The number of ether oxygens (including phenoxy) is 1. The van der Waals surface area contributed by atoms with Gasteiger partial charge in [0.1, 0.15) is 5.75 Å². The second-order valence-electron chi connectivity index (χ2n) is 4.30. The smallest absolute Gasteiger partial charge is 0.263 e. The van der Waals surface area contributed by atoms with Crippen molar-refractivity contribution in [2.24, 2.45) is 0 Å². The maximum absolute atomic E-state index is 11.7. The molecule has 0 aliphatic heterocycles. The summed E-state index contributed by atoms with van der Waals surface area (Å²) >= 11 is 0. The fraction of sp³-hybridized carbons (Fsp3) is 0.214. The third kappa shape index (κ3) is 3.14. The van der Waals surface area contributed by atoms with Crippen molar-refractivity contribution in [3.63, 3.8) is 0 Å². The lowest BCUT2D eigenvalue weighted by molar-refractivity contribution is -0.118. The minimum absolute atomic E-state index is 0.114. The Morgan fingerprint density at radius 3 is 2.65 bits per heavy atom. The van der Waals surface area contributed by atoms with Gasteiger partial charge in [0.05, 0.1) is 11.6 Å². The van der Waals surface area contributed by atoms with E-state index in [4.69, 9.17) is 10.00 Å². The van der Waals surface area contributed by atoms with E-state index in [0.29, 0.717) is 17.1 Å². The molecule has 2 rings (SSSR count). The number of nitrogens with zero attached hydrogens (tertiary/aromatic N) is 2. The minimum Gasteiger partial charge on any atom is -0.484 e. The second kappa shape index (κ2) is 5.89. The summed E-state index contributed by atoms with van der Waals surface area (Å²) in [6.07, 6.45) is 0. The van der Waals surface area contributed by atoms with Gasteiger partial charge in [0.25, 0.3) is 5.91 Å². The van der Waals surface area contributed by atoms with Gasteiger partial charge in [0.2, 0.25) is 0 Å². The summed E-state index contributed by atoms with van der Waals surface area (Å²) in [7, 11) is 0. The number of hydrogen-bond donors (Lipinski definition) is 2. The van der Waals surface area contributed by atoms with E-state index >= 15 is 0 Å². The predicted octanol–water partition coefficient (Wildman–Crippen LogP) is 1.92. The van der Waals surface area contributed by atoms with Crippen molar-refractivity contribution >= 4 is 11.7 Å². The van der Waals surface area contributed by atoms with Crippen molar-refractivity contribution in [1.29, 1.82) is 5.26 Å². The average Bonchev–Trinajstić information content (AvgIpc) is 2.78. The van der Waals surface area contributed by atoms with Crippen LogP contribution in [-0.2, 0) is 4.79 Å². The maximum atomic E-state index is 11.7. The van der Waals surface area contributed by atoms with Crippen LogP contribution in [0.1, 0.15) is 16.8 Å². The van der Waals surface area contributed by atoms with Gasteiger partial charge in [0.15, 0.2) is 12.4 Å². The molecule has 20 heavy (non-hydrogen) atoms. The highest BCUT2D eigenvalue weighted by molar-refractivity contribution is 5.91. The molecule has 0 unspecified atom stereocenters. The summed E-state index contributed by atoms with van der Waals surface area (Å²) in [5.74, 6) is 0.758. The SMILES string of the molecule is Cc1[nH]nc(NC(=O)COc2ccc(C#N)cc2)c1C. The molecule has 0 fully saturated rings. The molecule has 0 atom stereocenters. The van der Waals surface area contributed by atoms with Gasteiger partial charge >= 0.3 is 0 Å². The molecule has 0 bridgehead atoms. The quantitative estimate of drug-likeness (QED) is 0.887. The number of rotatable bonds is 4. The van der Waals surface area contributed by atoms with Gasteiger partial charge in [-0.15, -0.1) is 0 Å². The Balaban J connectivity index is 1.89. The van der Waals surface area contributed by atoms with Crippen LogP contribution in [0.25, 0.3) is 0 Å². The van der Waals surface area contributed by atoms with E-state index in [1.807, 2.05) is 19.9 Å². The predicted molar refractivity (Wildman–Crippen MR) is 73.3 cm³/mol. The number of carbonyl (C=O) groups is 1. The number of anilines is 1. The molecule has 0 aliphatic rings. The Morgan fingerprint density at radius 1 is 1.40 bits per heavy atom. The fourth-order valence-electron chi connectivity index (χ4n) is 1.55. The van der Waals surface area contributed by atoms with E-state index in [1.165, 1.54) is 0 Å². The third-order valence-electron chi connectivity index (χ3n) is 2.86. The van der Waals surface area contributed by atoms with Crippen molar-refractivity contribution in [1.82, 2.24) is 10.2 Å². The summed E-state index contributed by atoms with van der Waals surface area (Å²) in [5.41, 5.74) is 2.36. The molecule has 1 heterocycles. The second-order valence-corrected chi connectivity index (χ2v) is 4.30.